The molecule has 3 aromatic carbocycles. The van der Waals surface area contributed by atoms with Crippen LogP contribution < -0.4 is 19.1 Å². The molecule has 3 aromatic rings. The Morgan fingerprint density at radius 1 is 1.02 bits per heavy atom. The monoisotopic (exact) mass is 628 g/mol. The lowest BCUT2D eigenvalue weighted by Crippen LogP contribution is -2.54. The number of benzene rings is 3. The standard InChI is InChI=1S/C27H21BrN2O9S/c1-3-38-22-15-16(14-21(28)23(22)39-40(35,36)19-7-5-4-6-8-19)13-20-24(31)29-27(34)30(25(20)32)18-11-9-17(10-12-18)26(33)37-2/h4-15H,3H2,1-2H3,(H,29,31,34)/b20-13+. The Balaban J connectivity index is 1.70. The van der Waals surface area contributed by atoms with Crippen molar-refractivity contribution in [2.75, 3.05) is 18.6 Å². The molecule has 1 aliphatic heterocycles. The second kappa shape index (κ2) is 11.7. The Morgan fingerprint density at radius 3 is 2.33 bits per heavy atom. The Hall–Kier alpha value is -4.49. The summed E-state index contributed by atoms with van der Waals surface area (Å²) in [6, 6.07) is 14.8. The highest BCUT2D eigenvalue weighted by Crippen LogP contribution is 2.39. The Kier molecular flexibility index (Phi) is 8.35. The average molecular weight is 629 g/mol. The molecular formula is C27H21BrN2O9S. The van der Waals surface area contributed by atoms with Crippen LogP contribution in [0.4, 0.5) is 10.5 Å². The fraction of sp³-hybridized carbons (Fsp3) is 0.111. The van der Waals surface area contributed by atoms with E-state index >= 15 is 0 Å². The SMILES string of the molecule is CCOc1cc(/C=C2\C(=O)NC(=O)N(c3ccc(C(=O)OC)cc3)C2=O)cc(Br)c1OS(=O)(=O)c1ccccc1. The summed E-state index contributed by atoms with van der Waals surface area (Å²) in [7, 11) is -2.99. The van der Waals surface area contributed by atoms with Gasteiger partial charge in [0, 0.05) is 0 Å². The molecule has 0 atom stereocenters. The number of halogens is 1. The van der Waals surface area contributed by atoms with Gasteiger partial charge in [-0.25, -0.2) is 14.5 Å². The van der Waals surface area contributed by atoms with Gasteiger partial charge in [0.25, 0.3) is 11.8 Å². The maximum Gasteiger partial charge on any atom is 0.339 e. The van der Waals surface area contributed by atoms with Gasteiger partial charge in [-0.05, 0) is 83.0 Å². The normalized spacial score (nSPS) is 14.6. The van der Waals surface area contributed by atoms with Crippen LogP contribution in [0.3, 0.4) is 0 Å². The third-order valence-electron chi connectivity index (χ3n) is 5.52. The van der Waals surface area contributed by atoms with Crippen LogP contribution in [0.15, 0.2) is 81.7 Å². The average Bonchev–Trinajstić information content (AvgIpc) is 2.93. The molecule has 0 spiro atoms. The number of ether oxygens (including phenoxy) is 2. The number of carbonyl (C=O) groups is 4. The van der Waals surface area contributed by atoms with Crippen molar-refractivity contribution in [1.82, 2.24) is 5.32 Å². The minimum absolute atomic E-state index is 0.0261. The minimum atomic E-state index is -4.21. The molecule has 0 saturated carbocycles. The molecule has 1 heterocycles. The van der Waals surface area contributed by atoms with Gasteiger partial charge in [-0.15, -0.1) is 0 Å². The molecular weight excluding hydrogens is 608 g/mol. The predicted molar refractivity (Wildman–Crippen MR) is 146 cm³/mol. The largest absolute Gasteiger partial charge is 0.490 e. The van der Waals surface area contributed by atoms with E-state index in [0.717, 1.165) is 4.90 Å². The third-order valence-corrected chi connectivity index (χ3v) is 7.34. The van der Waals surface area contributed by atoms with E-state index in [4.69, 9.17) is 8.92 Å². The zero-order valence-electron chi connectivity index (χ0n) is 21.0. The minimum Gasteiger partial charge on any atom is -0.490 e. The lowest BCUT2D eigenvalue weighted by Gasteiger charge is -2.26. The second-order valence-corrected chi connectivity index (χ2v) is 10.5. The van der Waals surface area contributed by atoms with E-state index < -0.39 is 33.9 Å². The first-order valence-corrected chi connectivity index (χ1v) is 13.8. The number of nitrogens with zero attached hydrogens (tertiary/aromatic N) is 1. The molecule has 4 amide bonds. The van der Waals surface area contributed by atoms with E-state index in [-0.39, 0.29) is 49.9 Å². The van der Waals surface area contributed by atoms with E-state index in [1.54, 1.807) is 25.1 Å². The van der Waals surface area contributed by atoms with Gasteiger partial charge in [0.05, 0.1) is 29.4 Å². The highest BCUT2D eigenvalue weighted by Gasteiger charge is 2.37. The number of hydrogen-bond donors (Lipinski definition) is 1. The number of methoxy groups -OCH3 is 1. The fourth-order valence-electron chi connectivity index (χ4n) is 3.68. The fourth-order valence-corrected chi connectivity index (χ4v) is 5.31. The summed E-state index contributed by atoms with van der Waals surface area (Å²) >= 11 is 3.28. The smallest absolute Gasteiger partial charge is 0.339 e. The van der Waals surface area contributed by atoms with Gasteiger partial charge in [0.15, 0.2) is 11.5 Å². The van der Waals surface area contributed by atoms with Crippen molar-refractivity contribution in [2.24, 2.45) is 0 Å². The van der Waals surface area contributed by atoms with Crippen LogP contribution in [0.25, 0.3) is 6.08 Å². The topological polar surface area (TPSA) is 145 Å². The van der Waals surface area contributed by atoms with Crippen LogP contribution in [0, 0.1) is 0 Å². The van der Waals surface area contributed by atoms with Gasteiger partial charge in [-0.1, -0.05) is 18.2 Å². The molecule has 1 aliphatic rings. The third kappa shape index (κ3) is 5.90. The van der Waals surface area contributed by atoms with Gasteiger partial charge in [0.1, 0.15) is 10.5 Å². The summed E-state index contributed by atoms with van der Waals surface area (Å²) < 4.78 is 41.4. The molecule has 1 saturated heterocycles. The van der Waals surface area contributed by atoms with Gasteiger partial charge < -0.3 is 13.7 Å². The molecule has 0 radical (unpaired) electrons. The number of urea groups is 1. The molecule has 1 fully saturated rings. The second-order valence-electron chi connectivity index (χ2n) is 8.11. The number of amides is 4. The van der Waals surface area contributed by atoms with Gasteiger partial charge in [-0.2, -0.15) is 8.42 Å². The number of barbiturate groups is 1. The molecule has 40 heavy (non-hydrogen) atoms. The van der Waals surface area contributed by atoms with Crippen LogP contribution >= 0.6 is 15.9 Å². The van der Waals surface area contributed by atoms with Crippen molar-refractivity contribution >= 4 is 61.6 Å². The molecule has 0 aliphatic carbocycles. The number of hydrogen-bond acceptors (Lipinski definition) is 9. The van der Waals surface area contributed by atoms with Crippen LogP contribution in [0.2, 0.25) is 0 Å². The van der Waals surface area contributed by atoms with Gasteiger partial charge in [-0.3, -0.25) is 14.9 Å². The van der Waals surface area contributed by atoms with Crippen LogP contribution in [0.1, 0.15) is 22.8 Å². The van der Waals surface area contributed by atoms with Crippen LogP contribution in [-0.4, -0.2) is 45.9 Å². The lowest BCUT2D eigenvalue weighted by molar-refractivity contribution is -0.122. The zero-order chi connectivity index (χ0) is 29.0. The van der Waals surface area contributed by atoms with Crippen LogP contribution in [-0.2, 0) is 24.4 Å². The van der Waals surface area contributed by atoms with Crippen molar-refractivity contribution in [2.45, 2.75) is 11.8 Å². The van der Waals surface area contributed by atoms with E-state index in [2.05, 4.69) is 26.0 Å². The first kappa shape index (κ1) is 28.5. The molecule has 0 bridgehead atoms. The first-order valence-electron chi connectivity index (χ1n) is 11.6. The molecule has 13 heteroatoms. The zero-order valence-corrected chi connectivity index (χ0v) is 23.4. The Bertz CT molecular complexity index is 1640. The van der Waals surface area contributed by atoms with Crippen molar-refractivity contribution in [3.63, 3.8) is 0 Å². The highest BCUT2D eigenvalue weighted by molar-refractivity contribution is 9.10. The van der Waals surface area contributed by atoms with Gasteiger partial charge >= 0.3 is 22.1 Å². The number of anilines is 1. The van der Waals surface area contributed by atoms with Crippen molar-refractivity contribution in [1.29, 1.82) is 0 Å². The maximum absolute atomic E-state index is 13.3. The van der Waals surface area contributed by atoms with Crippen molar-refractivity contribution in [3.8, 4) is 11.5 Å². The van der Waals surface area contributed by atoms with E-state index in [1.807, 2.05) is 0 Å². The summed E-state index contributed by atoms with van der Waals surface area (Å²) in [6.07, 6.45) is 1.22. The van der Waals surface area contributed by atoms with E-state index in [1.165, 1.54) is 61.7 Å². The Morgan fingerprint density at radius 2 is 1.70 bits per heavy atom. The summed E-state index contributed by atoms with van der Waals surface area (Å²) in [5.74, 6) is -2.55. The van der Waals surface area contributed by atoms with Crippen molar-refractivity contribution in [3.05, 3.63) is 87.9 Å². The lowest BCUT2D eigenvalue weighted by atomic mass is 10.1. The number of nitrogens with one attached hydrogen (secondary N) is 1. The molecule has 206 valence electrons. The highest BCUT2D eigenvalue weighted by atomic mass is 79.9. The Labute approximate surface area is 237 Å². The quantitative estimate of drug-likeness (QED) is 0.169. The molecule has 4 rings (SSSR count). The summed E-state index contributed by atoms with van der Waals surface area (Å²) in [5.41, 5.74) is 0.206. The van der Waals surface area contributed by atoms with Crippen molar-refractivity contribution < 1.29 is 41.3 Å². The van der Waals surface area contributed by atoms with E-state index in [9.17, 15) is 27.6 Å². The number of esters is 1. The molecule has 11 nitrogen and oxygen atoms in total. The number of carbonyl (C=O) groups excluding carboxylic acids is 4. The number of imide groups is 2. The van der Waals surface area contributed by atoms with Crippen LogP contribution in [0.5, 0.6) is 11.5 Å². The predicted octanol–water partition coefficient (Wildman–Crippen LogP) is 4.07. The van der Waals surface area contributed by atoms with Gasteiger partial charge in [0.2, 0.25) is 0 Å². The first-order chi connectivity index (χ1) is 19.1. The van der Waals surface area contributed by atoms with E-state index in [0.29, 0.717) is 0 Å². The summed E-state index contributed by atoms with van der Waals surface area (Å²) in [4.78, 5) is 50.8. The number of rotatable bonds is 8. The molecule has 1 N–H and O–H groups in total. The maximum atomic E-state index is 13.3. The summed E-state index contributed by atoms with van der Waals surface area (Å²) in [5, 5.41) is 2.11. The molecule has 0 unspecified atom stereocenters. The summed E-state index contributed by atoms with van der Waals surface area (Å²) in [6.45, 7) is 1.83. The molecule has 0 aromatic heterocycles.